The molecule has 0 bridgehead atoms. The maximum Gasteiger partial charge on any atom is 0.220 e. The number of amides is 1. The van der Waals surface area contributed by atoms with Gasteiger partial charge in [0.15, 0.2) is 6.29 Å². The van der Waals surface area contributed by atoms with Crippen LogP contribution in [-0.2, 0) is 14.3 Å². The van der Waals surface area contributed by atoms with E-state index in [0.29, 0.717) is 6.42 Å². The first-order chi connectivity index (χ1) is 26.3. The number of carbonyl (C=O) groups is 1. The standard InChI is InChI=1S/C45H79NO8/c1-3-5-7-9-11-13-15-16-17-18-19-20-21-22-23-24-25-27-29-31-33-35-41(49)46-38(37-53-45-44(52)43(51)42(50)40(36-47)54-45)39(48)34-32-30-28-26-14-12-10-8-6-4-2/h6,8,14-16,18-19,26,32,34,38-40,42-45,47-48,50-52H,3-5,7,9-13,17,20-25,27-31,33,35-37H2,1-2H3,(H,46,49)/b8-6+,16-15-,19-18-,26-14+,34-32+. The molecule has 7 atom stereocenters. The van der Waals surface area contributed by atoms with E-state index in [-0.39, 0.29) is 12.5 Å². The first-order valence-electron chi connectivity index (χ1n) is 21.5. The summed E-state index contributed by atoms with van der Waals surface area (Å²) in [5, 5.41) is 53.9. The molecule has 0 aromatic carbocycles. The number of aliphatic hydroxyl groups excluding tert-OH is 5. The summed E-state index contributed by atoms with van der Waals surface area (Å²) in [4.78, 5) is 12.9. The number of unbranched alkanes of at least 4 members (excludes halogenated alkanes) is 16. The van der Waals surface area contributed by atoms with Gasteiger partial charge in [-0.15, -0.1) is 0 Å². The predicted octanol–water partition coefficient (Wildman–Crippen LogP) is 8.44. The van der Waals surface area contributed by atoms with Gasteiger partial charge in [-0.05, 0) is 70.6 Å². The zero-order valence-electron chi connectivity index (χ0n) is 34.0. The van der Waals surface area contributed by atoms with Crippen LogP contribution in [0.2, 0.25) is 0 Å². The van der Waals surface area contributed by atoms with Crippen LogP contribution in [0, 0.1) is 0 Å². The molecule has 1 aliphatic heterocycles. The van der Waals surface area contributed by atoms with Crippen LogP contribution in [0.5, 0.6) is 0 Å². The van der Waals surface area contributed by atoms with Gasteiger partial charge in [0.1, 0.15) is 24.4 Å². The van der Waals surface area contributed by atoms with Crippen LogP contribution in [0.4, 0.5) is 0 Å². The molecular formula is C45H79NO8. The van der Waals surface area contributed by atoms with E-state index in [0.717, 1.165) is 70.6 Å². The van der Waals surface area contributed by atoms with Gasteiger partial charge in [-0.1, -0.05) is 145 Å². The highest BCUT2D eigenvalue weighted by atomic mass is 16.7. The van der Waals surface area contributed by atoms with Gasteiger partial charge < -0.3 is 40.3 Å². The molecule has 1 aliphatic rings. The Morgan fingerprint density at radius 2 is 1.17 bits per heavy atom. The van der Waals surface area contributed by atoms with E-state index >= 15 is 0 Å². The molecule has 312 valence electrons. The second-order valence-corrected chi connectivity index (χ2v) is 14.7. The molecule has 1 rings (SSSR count). The first-order valence-corrected chi connectivity index (χ1v) is 21.5. The maximum atomic E-state index is 12.9. The smallest absolute Gasteiger partial charge is 0.220 e. The van der Waals surface area contributed by atoms with Crippen LogP contribution in [0.25, 0.3) is 0 Å². The Balaban J connectivity index is 2.34. The Hall–Kier alpha value is -2.11. The minimum atomic E-state index is -1.57. The number of carbonyl (C=O) groups excluding carboxylic acids is 1. The maximum absolute atomic E-state index is 12.9. The van der Waals surface area contributed by atoms with Gasteiger partial charge in [-0.25, -0.2) is 0 Å². The second-order valence-electron chi connectivity index (χ2n) is 14.7. The summed E-state index contributed by atoms with van der Waals surface area (Å²) in [6, 6.07) is -0.829. The SMILES string of the molecule is CC/C=C/CC/C=C/CC/C=C/C(O)C(COC1OC(CO)C(O)C(O)C1O)NC(=O)CCCCCCCCCCC/C=C\C/C=C\CCCCCCC. The minimum Gasteiger partial charge on any atom is -0.394 e. The second kappa shape index (κ2) is 35.3. The van der Waals surface area contributed by atoms with Crippen LogP contribution in [0.3, 0.4) is 0 Å². The molecule has 9 nitrogen and oxygen atoms in total. The van der Waals surface area contributed by atoms with Crippen molar-refractivity contribution in [3.8, 4) is 0 Å². The van der Waals surface area contributed by atoms with Crippen LogP contribution < -0.4 is 5.32 Å². The van der Waals surface area contributed by atoms with Crippen molar-refractivity contribution in [1.29, 1.82) is 0 Å². The Kier molecular flexibility index (Phi) is 32.6. The fourth-order valence-electron chi connectivity index (χ4n) is 6.34. The minimum absolute atomic E-state index is 0.201. The third-order valence-electron chi connectivity index (χ3n) is 9.80. The lowest BCUT2D eigenvalue weighted by molar-refractivity contribution is -0.302. The van der Waals surface area contributed by atoms with E-state index in [4.69, 9.17) is 9.47 Å². The third-order valence-corrected chi connectivity index (χ3v) is 9.80. The molecule has 7 unspecified atom stereocenters. The highest BCUT2D eigenvalue weighted by Gasteiger charge is 2.44. The van der Waals surface area contributed by atoms with Crippen molar-refractivity contribution >= 4 is 5.91 Å². The number of hydrogen-bond donors (Lipinski definition) is 6. The summed E-state index contributed by atoms with van der Waals surface area (Å²) in [5.74, 6) is -0.201. The van der Waals surface area contributed by atoms with Crippen LogP contribution >= 0.6 is 0 Å². The zero-order chi connectivity index (χ0) is 39.5. The lowest BCUT2D eigenvalue weighted by Crippen LogP contribution is -2.60. The summed E-state index contributed by atoms with van der Waals surface area (Å²) >= 11 is 0. The van der Waals surface area contributed by atoms with Gasteiger partial charge >= 0.3 is 0 Å². The van der Waals surface area contributed by atoms with Crippen LogP contribution in [0.1, 0.15) is 162 Å². The topological polar surface area (TPSA) is 149 Å². The molecule has 0 aliphatic carbocycles. The molecule has 1 amide bonds. The van der Waals surface area contributed by atoms with Crippen LogP contribution in [-0.4, -0.2) is 87.5 Å². The van der Waals surface area contributed by atoms with E-state index in [2.05, 4.69) is 67.8 Å². The quantitative estimate of drug-likeness (QED) is 0.0283. The molecule has 54 heavy (non-hydrogen) atoms. The lowest BCUT2D eigenvalue weighted by atomic mass is 9.99. The van der Waals surface area contributed by atoms with Gasteiger partial charge in [0.25, 0.3) is 0 Å². The molecule has 9 heteroatoms. The molecule has 0 aromatic rings. The molecule has 0 spiro atoms. The third kappa shape index (κ3) is 25.9. The fourth-order valence-corrected chi connectivity index (χ4v) is 6.34. The highest BCUT2D eigenvalue weighted by Crippen LogP contribution is 2.22. The first kappa shape index (κ1) is 49.9. The lowest BCUT2D eigenvalue weighted by Gasteiger charge is -2.40. The average molecular weight is 762 g/mol. The Morgan fingerprint density at radius 1 is 0.648 bits per heavy atom. The van der Waals surface area contributed by atoms with E-state index in [1.165, 1.54) is 70.6 Å². The van der Waals surface area contributed by atoms with E-state index in [9.17, 15) is 30.3 Å². The Labute approximate surface area is 328 Å². The van der Waals surface area contributed by atoms with Gasteiger partial charge in [0, 0.05) is 6.42 Å². The van der Waals surface area contributed by atoms with Crippen molar-refractivity contribution in [2.75, 3.05) is 13.2 Å². The van der Waals surface area contributed by atoms with E-state index in [1.54, 1.807) is 6.08 Å². The monoisotopic (exact) mass is 762 g/mol. The molecule has 0 radical (unpaired) electrons. The number of aliphatic hydroxyl groups is 5. The van der Waals surface area contributed by atoms with E-state index in [1.807, 2.05) is 6.08 Å². The fraction of sp³-hybridized carbons (Fsp3) is 0.756. The summed E-state index contributed by atoms with van der Waals surface area (Å²) in [6.45, 7) is 3.59. The molecule has 6 N–H and O–H groups in total. The van der Waals surface area contributed by atoms with E-state index < -0.39 is 49.5 Å². The Bertz CT molecular complexity index is 1030. The van der Waals surface area contributed by atoms with Crippen molar-refractivity contribution in [2.24, 2.45) is 0 Å². The number of allylic oxidation sites excluding steroid dienone is 9. The number of nitrogens with one attached hydrogen (secondary N) is 1. The normalized spacial score (nSPS) is 22.1. The largest absolute Gasteiger partial charge is 0.394 e. The molecule has 1 fully saturated rings. The predicted molar refractivity (Wildman–Crippen MR) is 221 cm³/mol. The molecule has 1 saturated heterocycles. The summed E-state index contributed by atoms with van der Waals surface area (Å²) in [5.41, 5.74) is 0. The molecule has 0 aromatic heterocycles. The number of ether oxygens (including phenoxy) is 2. The van der Waals surface area contributed by atoms with Crippen LogP contribution in [0.15, 0.2) is 60.8 Å². The van der Waals surface area contributed by atoms with Crippen molar-refractivity contribution in [1.82, 2.24) is 5.32 Å². The van der Waals surface area contributed by atoms with Crippen molar-refractivity contribution in [3.63, 3.8) is 0 Å². The molecular weight excluding hydrogens is 682 g/mol. The van der Waals surface area contributed by atoms with Crippen molar-refractivity contribution in [3.05, 3.63) is 60.8 Å². The molecule has 0 saturated carbocycles. The Morgan fingerprint density at radius 3 is 1.74 bits per heavy atom. The summed E-state index contributed by atoms with van der Waals surface area (Å²) in [7, 11) is 0. The van der Waals surface area contributed by atoms with Gasteiger partial charge in [-0.3, -0.25) is 4.79 Å². The highest BCUT2D eigenvalue weighted by molar-refractivity contribution is 5.76. The summed E-state index contributed by atoms with van der Waals surface area (Å²) < 4.78 is 11.1. The number of rotatable bonds is 34. The zero-order valence-corrected chi connectivity index (χ0v) is 34.0. The average Bonchev–Trinajstić information content (AvgIpc) is 3.17. The molecule has 1 heterocycles. The van der Waals surface area contributed by atoms with Gasteiger partial charge in [0.2, 0.25) is 5.91 Å². The van der Waals surface area contributed by atoms with Crippen molar-refractivity contribution in [2.45, 2.75) is 204 Å². The van der Waals surface area contributed by atoms with Gasteiger partial charge in [-0.2, -0.15) is 0 Å². The summed E-state index contributed by atoms with van der Waals surface area (Å²) in [6.07, 6.45) is 38.5. The van der Waals surface area contributed by atoms with Crippen molar-refractivity contribution < 1.29 is 39.8 Å². The number of hydrogen-bond acceptors (Lipinski definition) is 8. The van der Waals surface area contributed by atoms with Gasteiger partial charge in [0.05, 0.1) is 25.4 Å².